The fourth-order valence-electron chi connectivity index (χ4n) is 5.03. The molecule has 0 radical (unpaired) electrons. The van der Waals surface area contributed by atoms with E-state index in [1.165, 1.54) is 12.0 Å². The second kappa shape index (κ2) is 7.94. The van der Waals surface area contributed by atoms with Crippen LogP contribution in [0.4, 0.5) is 0 Å². The van der Waals surface area contributed by atoms with Gasteiger partial charge in [-0.3, -0.25) is 4.79 Å². The summed E-state index contributed by atoms with van der Waals surface area (Å²) in [5.41, 5.74) is 1.97. The molecule has 156 valence electrons. The van der Waals surface area contributed by atoms with Crippen LogP contribution in [-0.2, 0) is 9.53 Å². The van der Waals surface area contributed by atoms with E-state index in [0.29, 0.717) is 11.8 Å². The zero-order chi connectivity index (χ0) is 20.6. The van der Waals surface area contributed by atoms with Gasteiger partial charge in [0.25, 0.3) is 0 Å². The maximum Gasteiger partial charge on any atom is 0.222 e. The maximum atomic E-state index is 12.6. The number of carbonyl (C=O) groups excluding carboxylic acids is 1. The Morgan fingerprint density at radius 3 is 2.69 bits per heavy atom. The van der Waals surface area contributed by atoms with E-state index in [9.17, 15) is 4.79 Å². The van der Waals surface area contributed by atoms with Crippen molar-refractivity contribution in [2.24, 2.45) is 17.8 Å². The number of amides is 1. The predicted molar refractivity (Wildman–Crippen MR) is 114 cm³/mol. The highest BCUT2D eigenvalue weighted by Gasteiger charge is 2.49. The fraction of sp³-hybridized carbons (Fsp3) is 0.583. The van der Waals surface area contributed by atoms with Crippen molar-refractivity contribution in [1.82, 2.24) is 15.1 Å². The summed E-state index contributed by atoms with van der Waals surface area (Å²) in [6.07, 6.45) is 8.12. The molecule has 2 fully saturated rings. The van der Waals surface area contributed by atoms with E-state index in [0.717, 1.165) is 24.9 Å². The van der Waals surface area contributed by atoms with Crippen LogP contribution < -0.4 is 5.32 Å². The number of hydrogen-bond acceptors (Lipinski definition) is 3. The predicted octanol–water partition coefficient (Wildman–Crippen LogP) is 4.67. The average molecular weight is 396 g/mol. The first-order valence-electron chi connectivity index (χ1n) is 10.9. The Morgan fingerprint density at radius 1 is 1.28 bits per heavy atom. The normalized spacial score (nSPS) is 32.0. The first-order chi connectivity index (χ1) is 13.9. The second-order valence-electron chi connectivity index (χ2n) is 9.50. The lowest BCUT2D eigenvalue weighted by Crippen LogP contribution is -2.61. The molecule has 1 aromatic carbocycles. The Labute approximate surface area is 173 Å². The number of nitrogens with one attached hydrogen (secondary N) is 1. The molecule has 1 saturated heterocycles. The highest BCUT2D eigenvalue weighted by atomic mass is 16.5. The minimum atomic E-state index is -0.240. The SMILES string of the molecule is CC(C)C(=O)N[C@]1(C)C[C@H](c2ccc(-n3cccn3)cc2)O[C@@H]2C[C@H](C)CC[C@H]21. The molecule has 1 saturated carbocycles. The Morgan fingerprint density at radius 2 is 2.03 bits per heavy atom. The first kappa shape index (κ1) is 20.1. The van der Waals surface area contributed by atoms with Crippen LogP contribution in [0.3, 0.4) is 0 Å². The Balaban J connectivity index is 1.59. The highest BCUT2D eigenvalue weighted by molar-refractivity contribution is 5.78. The molecule has 1 aliphatic carbocycles. The molecule has 5 atom stereocenters. The van der Waals surface area contributed by atoms with Gasteiger partial charge in [-0.05, 0) is 49.4 Å². The molecule has 29 heavy (non-hydrogen) atoms. The summed E-state index contributed by atoms with van der Waals surface area (Å²) < 4.78 is 8.50. The summed E-state index contributed by atoms with van der Waals surface area (Å²) in [6.45, 7) is 8.47. The highest BCUT2D eigenvalue weighted by Crippen LogP contribution is 2.48. The van der Waals surface area contributed by atoms with E-state index in [-0.39, 0.29) is 29.6 Å². The van der Waals surface area contributed by atoms with E-state index in [2.05, 4.69) is 48.5 Å². The third-order valence-electron chi connectivity index (χ3n) is 6.79. The van der Waals surface area contributed by atoms with Crippen LogP contribution in [0.15, 0.2) is 42.7 Å². The van der Waals surface area contributed by atoms with Crippen LogP contribution in [0, 0.1) is 17.8 Å². The number of aromatic nitrogens is 2. The van der Waals surface area contributed by atoms with Crippen LogP contribution in [0.5, 0.6) is 0 Å². The third-order valence-corrected chi connectivity index (χ3v) is 6.79. The van der Waals surface area contributed by atoms with E-state index in [1.54, 1.807) is 6.20 Å². The number of benzene rings is 1. The van der Waals surface area contributed by atoms with Gasteiger partial charge in [-0.15, -0.1) is 0 Å². The topological polar surface area (TPSA) is 56.2 Å². The molecule has 5 heteroatoms. The molecule has 5 nitrogen and oxygen atoms in total. The van der Waals surface area contributed by atoms with Crippen molar-refractivity contribution in [2.75, 3.05) is 0 Å². The number of fused-ring (bicyclic) bond motifs is 1. The van der Waals surface area contributed by atoms with Crippen molar-refractivity contribution in [2.45, 2.75) is 71.1 Å². The summed E-state index contributed by atoms with van der Waals surface area (Å²) in [6, 6.07) is 10.4. The molecule has 1 N–H and O–H groups in total. The lowest BCUT2D eigenvalue weighted by Gasteiger charge is -2.52. The minimum absolute atomic E-state index is 0.00863. The molecule has 2 aliphatic rings. The third kappa shape index (κ3) is 4.11. The van der Waals surface area contributed by atoms with Crippen molar-refractivity contribution in [1.29, 1.82) is 0 Å². The molecule has 0 bridgehead atoms. The average Bonchev–Trinajstić information content (AvgIpc) is 3.22. The molecule has 1 aliphatic heterocycles. The van der Waals surface area contributed by atoms with Gasteiger partial charge in [0.15, 0.2) is 0 Å². The molecular weight excluding hydrogens is 362 g/mol. The lowest BCUT2D eigenvalue weighted by molar-refractivity contribution is -0.155. The minimum Gasteiger partial charge on any atom is -0.370 e. The second-order valence-corrected chi connectivity index (χ2v) is 9.50. The Hall–Kier alpha value is -2.14. The smallest absolute Gasteiger partial charge is 0.222 e. The van der Waals surface area contributed by atoms with Crippen LogP contribution in [0.1, 0.15) is 65.0 Å². The van der Waals surface area contributed by atoms with Gasteiger partial charge in [-0.25, -0.2) is 4.68 Å². The molecule has 4 rings (SSSR count). The Bertz CT molecular complexity index is 830. The van der Waals surface area contributed by atoms with Crippen molar-refractivity contribution < 1.29 is 9.53 Å². The van der Waals surface area contributed by atoms with Gasteiger partial charge < -0.3 is 10.1 Å². The number of rotatable bonds is 4. The van der Waals surface area contributed by atoms with Crippen LogP contribution in [0.2, 0.25) is 0 Å². The van der Waals surface area contributed by atoms with E-state index in [1.807, 2.05) is 30.8 Å². The molecule has 1 amide bonds. The van der Waals surface area contributed by atoms with Gasteiger partial charge in [0.2, 0.25) is 5.91 Å². The zero-order valence-electron chi connectivity index (χ0n) is 18.0. The number of carbonyl (C=O) groups is 1. The van der Waals surface area contributed by atoms with Crippen LogP contribution >= 0.6 is 0 Å². The maximum absolute atomic E-state index is 12.6. The number of hydrogen-bond donors (Lipinski definition) is 1. The van der Waals surface area contributed by atoms with Gasteiger partial charge >= 0.3 is 0 Å². The Kier molecular flexibility index (Phi) is 5.52. The van der Waals surface area contributed by atoms with Crippen molar-refractivity contribution in [3.8, 4) is 5.69 Å². The van der Waals surface area contributed by atoms with Crippen LogP contribution in [0.25, 0.3) is 5.69 Å². The number of nitrogens with zero attached hydrogens (tertiary/aromatic N) is 2. The summed E-state index contributed by atoms with van der Waals surface area (Å²) in [5.74, 6) is 1.17. The van der Waals surface area contributed by atoms with Gasteiger partial charge in [-0.1, -0.05) is 39.3 Å². The summed E-state index contributed by atoms with van der Waals surface area (Å²) in [4.78, 5) is 12.6. The van der Waals surface area contributed by atoms with Gasteiger partial charge in [-0.2, -0.15) is 5.10 Å². The van der Waals surface area contributed by atoms with E-state index < -0.39 is 0 Å². The van der Waals surface area contributed by atoms with Crippen molar-refractivity contribution in [3.63, 3.8) is 0 Å². The lowest BCUT2D eigenvalue weighted by atomic mass is 9.66. The molecule has 0 spiro atoms. The van der Waals surface area contributed by atoms with Crippen molar-refractivity contribution >= 4 is 5.91 Å². The molecular formula is C24H33N3O2. The van der Waals surface area contributed by atoms with Gasteiger partial charge in [0.1, 0.15) is 0 Å². The van der Waals surface area contributed by atoms with E-state index >= 15 is 0 Å². The summed E-state index contributed by atoms with van der Waals surface area (Å²) in [7, 11) is 0. The quantitative estimate of drug-likeness (QED) is 0.818. The summed E-state index contributed by atoms with van der Waals surface area (Å²) in [5, 5.41) is 7.71. The molecule has 2 heterocycles. The van der Waals surface area contributed by atoms with Gasteiger partial charge in [0.05, 0.1) is 17.9 Å². The van der Waals surface area contributed by atoms with Crippen LogP contribution in [-0.4, -0.2) is 27.3 Å². The molecule has 0 unspecified atom stereocenters. The van der Waals surface area contributed by atoms with Gasteiger partial charge in [0, 0.05) is 36.2 Å². The monoisotopic (exact) mass is 395 g/mol. The standard InChI is InChI=1S/C24H33N3O2/c1-16(2)23(28)26-24(4)15-22(29-21-14-17(3)6-11-20(21)24)18-7-9-19(10-8-18)27-13-5-12-25-27/h5,7-10,12-13,16-17,20-22H,6,11,14-15H2,1-4H3,(H,26,28)/t17-,20-,21-,22-,24-/m1/s1. The largest absolute Gasteiger partial charge is 0.370 e. The van der Waals surface area contributed by atoms with Crippen molar-refractivity contribution in [3.05, 3.63) is 48.3 Å². The first-order valence-corrected chi connectivity index (χ1v) is 10.9. The molecule has 2 aromatic rings. The fourth-order valence-corrected chi connectivity index (χ4v) is 5.03. The molecule has 1 aromatic heterocycles. The number of ether oxygens (including phenoxy) is 1. The summed E-state index contributed by atoms with van der Waals surface area (Å²) >= 11 is 0. The zero-order valence-corrected chi connectivity index (χ0v) is 18.0. The van der Waals surface area contributed by atoms with E-state index in [4.69, 9.17) is 4.74 Å².